The van der Waals surface area contributed by atoms with E-state index in [0.29, 0.717) is 5.52 Å². The molecule has 0 saturated carbocycles. The zero-order valence-corrected chi connectivity index (χ0v) is 9.13. The highest BCUT2D eigenvalue weighted by Gasteiger charge is 2.11. The number of hydrogen-bond donors (Lipinski definition) is 0. The van der Waals surface area contributed by atoms with E-state index < -0.39 is 4.92 Å². The first kappa shape index (κ1) is 9.32. The van der Waals surface area contributed by atoms with Crippen molar-refractivity contribution in [3.05, 3.63) is 44.1 Å². The van der Waals surface area contributed by atoms with Crippen molar-refractivity contribution in [1.82, 2.24) is 4.98 Å². The van der Waals surface area contributed by atoms with E-state index in [1.54, 1.807) is 6.07 Å². The minimum Gasteiger partial charge on any atom is -0.258 e. The molecule has 0 unspecified atom stereocenters. The first-order chi connectivity index (χ1) is 6.68. The Morgan fingerprint density at radius 1 is 1.29 bits per heavy atom. The van der Waals surface area contributed by atoms with Crippen LogP contribution >= 0.6 is 22.6 Å². The third-order valence-corrected chi connectivity index (χ3v) is 2.46. The monoisotopic (exact) mass is 300 g/mol. The van der Waals surface area contributed by atoms with Gasteiger partial charge in [0.05, 0.1) is 4.92 Å². The number of para-hydroxylation sites is 1. The number of nitro benzene ring substituents is 1. The molecule has 4 nitrogen and oxygen atoms in total. The van der Waals surface area contributed by atoms with Crippen molar-refractivity contribution in [3.63, 3.8) is 0 Å². The number of rotatable bonds is 1. The molecule has 1 aromatic carbocycles. The molecule has 1 heterocycles. The quantitative estimate of drug-likeness (QED) is 0.352. The van der Waals surface area contributed by atoms with Gasteiger partial charge in [0.15, 0.2) is 0 Å². The number of pyridine rings is 1. The van der Waals surface area contributed by atoms with Crippen LogP contribution in [0.1, 0.15) is 0 Å². The van der Waals surface area contributed by atoms with Gasteiger partial charge in [-0.05, 0) is 34.7 Å². The van der Waals surface area contributed by atoms with Crippen LogP contribution in [0.4, 0.5) is 5.69 Å². The van der Waals surface area contributed by atoms with E-state index in [1.165, 1.54) is 6.07 Å². The molecule has 0 radical (unpaired) electrons. The third-order valence-electron chi connectivity index (χ3n) is 1.86. The van der Waals surface area contributed by atoms with Gasteiger partial charge in [-0.1, -0.05) is 12.1 Å². The van der Waals surface area contributed by atoms with Crippen LogP contribution < -0.4 is 0 Å². The van der Waals surface area contributed by atoms with Gasteiger partial charge in [-0.25, -0.2) is 4.98 Å². The van der Waals surface area contributed by atoms with Crippen LogP contribution in [0.5, 0.6) is 0 Å². The summed E-state index contributed by atoms with van der Waals surface area (Å²) in [4.78, 5) is 14.4. The van der Waals surface area contributed by atoms with Crippen molar-refractivity contribution in [2.45, 2.75) is 0 Å². The third kappa shape index (κ3) is 1.54. The summed E-state index contributed by atoms with van der Waals surface area (Å²) < 4.78 is 0.754. The second-order valence-corrected chi connectivity index (χ2v) is 3.85. The van der Waals surface area contributed by atoms with Crippen molar-refractivity contribution >= 4 is 39.2 Å². The summed E-state index contributed by atoms with van der Waals surface area (Å²) in [5.41, 5.74) is 0.505. The summed E-state index contributed by atoms with van der Waals surface area (Å²) in [6.45, 7) is 0. The average Bonchev–Trinajstić information content (AvgIpc) is 2.16. The standard InChI is InChI=1S/C9H5IN2O2/c10-8-5-4-6-2-1-3-7(12(13)14)9(6)11-8/h1-5H. The molecular weight excluding hydrogens is 295 g/mol. The van der Waals surface area contributed by atoms with Gasteiger partial charge in [-0.3, -0.25) is 10.1 Å². The minimum absolute atomic E-state index is 0.0565. The fourth-order valence-corrected chi connectivity index (χ4v) is 1.68. The zero-order valence-electron chi connectivity index (χ0n) is 6.98. The summed E-state index contributed by atoms with van der Waals surface area (Å²) in [5.74, 6) is 0. The zero-order chi connectivity index (χ0) is 10.1. The van der Waals surface area contributed by atoms with Gasteiger partial charge in [0.2, 0.25) is 0 Å². The highest BCUT2D eigenvalue weighted by Crippen LogP contribution is 2.23. The molecule has 0 aliphatic heterocycles. The predicted molar refractivity (Wildman–Crippen MR) is 61.1 cm³/mol. The average molecular weight is 300 g/mol. The van der Waals surface area contributed by atoms with Crippen molar-refractivity contribution in [2.24, 2.45) is 0 Å². The van der Waals surface area contributed by atoms with Gasteiger partial charge in [-0.15, -0.1) is 0 Å². The molecular formula is C9H5IN2O2. The van der Waals surface area contributed by atoms with Crippen LogP contribution in [-0.4, -0.2) is 9.91 Å². The second-order valence-electron chi connectivity index (χ2n) is 2.74. The number of nitrogens with zero attached hydrogens (tertiary/aromatic N) is 2. The summed E-state index contributed by atoms with van der Waals surface area (Å²) in [6.07, 6.45) is 0. The molecule has 0 bridgehead atoms. The van der Waals surface area contributed by atoms with E-state index in [2.05, 4.69) is 4.98 Å². The molecule has 0 N–H and O–H groups in total. The Morgan fingerprint density at radius 2 is 2.07 bits per heavy atom. The lowest BCUT2D eigenvalue weighted by Crippen LogP contribution is -1.92. The van der Waals surface area contributed by atoms with Crippen LogP contribution in [0.15, 0.2) is 30.3 Å². The number of fused-ring (bicyclic) bond motifs is 1. The van der Waals surface area contributed by atoms with E-state index in [1.807, 2.05) is 40.8 Å². The van der Waals surface area contributed by atoms with Crippen molar-refractivity contribution in [3.8, 4) is 0 Å². The van der Waals surface area contributed by atoms with Crippen LogP contribution in [-0.2, 0) is 0 Å². The number of nitro groups is 1. The van der Waals surface area contributed by atoms with Crippen LogP contribution in [0.2, 0.25) is 0 Å². The Kier molecular flexibility index (Phi) is 2.32. The maximum Gasteiger partial charge on any atom is 0.295 e. The highest BCUT2D eigenvalue weighted by molar-refractivity contribution is 14.1. The molecule has 70 valence electrons. The Labute approximate surface area is 93.2 Å². The van der Waals surface area contributed by atoms with E-state index in [-0.39, 0.29) is 5.69 Å². The molecule has 0 saturated heterocycles. The van der Waals surface area contributed by atoms with Gasteiger partial charge >= 0.3 is 0 Å². The number of halogens is 1. The summed E-state index contributed by atoms with van der Waals surface area (Å²) in [6, 6.07) is 8.59. The summed E-state index contributed by atoms with van der Waals surface area (Å²) in [7, 11) is 0. The molecule has 0 aliphatic carbocycles. The largest absolute Gasteiger partial charge is 0.295 e. The molecule has 2 rings (SSSR count). The maximum absolute atomic E-state index is 10.7. The van der Waals surface area contributed by atoms with E-state index in [0.717, 1.165) is 9.09 Å². The van der Waals surface area contributed by atoms with Gasteiger partial charge in [0.25, 0.3) is 5.69 Å². The van der Waals surface area contributed by atoms with Crippen LogP contribution in [0, 0.1) is 13.8 Å². The molecule has 2 aromatic rings. The van der Waals surface area contributed by atoms with Gasteiger partial charge in [0.1, 0.15) is 9.22 Å². The molecule has 0 spiro atoms. The van der Waals surface area contributed by atoms with Crippen molar-refractivity contribution < 1.29 is 4.92 Å². The fraction of sp³-hybridized carbons (Fsp3) is 0. The molecule has 1 aromatic heterocycles. The smallest absolute Gasteiger partial charge is 0.258 e. The Morgan fingerprint density at radius 3 is 2.79 bits per heavy atom. The molecule has 0 atom stereocenters. The fourth-order valence-electron chi connectivity index (χ4n) is 1.25. The highest BCUT2D eigenvalue weighted by atomic mass is 127. The lowest BCUT2D eigenvalue weighted by molar-refractivity contribution is -0.383. The Bertz CT molecular complexity index is 513. The lowest BCUT2D eigenvalue weighted by Gasteiger charge is -1.98. The van der Waals surface area contributed by atoms with Gasteiger partial charge in [-0.2, -0.15) is 0 Å². The van der Waals surface area contributed by atoms with E-state index in [4.69, 9.17) is 0 Å². The first-order valence-corrected chi connectivity index (χ1v) is 4.96. The predicted octanol–water partition coefficient (Wildman–Crippen LogP) is 2.75. The minimum atomic E-state index is -0.411. The molecule has 0 amide bonds. The SMILES string of the molecule is O=[N+]([O-])c1cccc2ccc(I)nc12. The van der Waals surface area contributed by atoms with Gasteiger partial charge in [0, 0.05) is 11.5 Å². The topological polar surface area (TPSA) is 56.0 Å². The number of hydrogen-bond acceptors (Lipinski definition) is 3. The lowest BCUT2D eigenvalue weighted by atomic mass is 10.2. The molecule has 14 heavy (non-hydrogen) atoms. The van der Waals surface area contributed by atoms with Gasteiger partial charge < -0.3 is 0 Å². The summed E-state index contributed by atoms with van der Waals surface area (Å²) >= 11 is 2.03. The molecule has 0 aliphatic rings. The number of benzene rings is 1. The Balaban J connectivity index is 2.84. The normalized spacial score (nSPS) is 10.4. The van der Waals surface area contributed by atoms with E-state index in [9.17, 15) is 10.1 Å². The van der Waals surface area contributed by atoms with Crippen molar-refractivity contribution in [2.75, 3.05) is 0 Å². The Hall–Kier alpha value is -1.24. The number of non-ortho nitro benzene ring substituents is 1. The van der Waals surface area contributed by atoms with Crippen LogP contribution in [0.3, 0.4) is 0 Å². The summed E-state index contributed by atoms with van der Waals surface area (Å²) in [5, 5.41) is 11.5. The second kappa shape index (κ2) is 3.49. The van der Waals surface area contributed by atoms with Crippen molar-refractivity contribution in [1.29, 1.82) is 0 Å². The number of aromatic nitrogens is 1. The maximum atomic E-state index is 10.7. The molecule has 5 heteroatoms. The van der Waals surface area contributed by atoms with Crippen LogP contribution in [0.25, 0.3) is 10.9 Å². The first-order valence-electron chi connectivity index (χ1n) is 3.88. The van der Waals surface area contributed by atoms with E-state index >= 15 is 0 Å². The molecule has 0 fully saturated rings.